The van der Waals surface area contributed by atoms with Gasteiger partial charge in [-0.2, -0.15) is 18.3 Å². The minimum Gasteiger partial charge on any atom is -0.492 e. The van der Waals surface area contributed by atoms with Gasteiger partial charge in [-0.15, -0.1) is 0 Å². The fourth-order valence-electron chi connectivity index (χ4n) is 4.65. The van der Waals surface area contributed by atoms with Crippen molar-refractivity contribution in [2.75, 3.05) is 26.2 Å². The van der Waals surface area contributed by atoms with E-state index in [4.69, 9.17) is 24.5 Å². The number of halogens is 3. The Balaban J connectivity index is 0.000000448. The summed E-state index contributed by atoms with van der Waals surface area (Å²) < 4.78 is 45.7. The summed E-state index contributed by atoms with van der Waals surface area (Å²) in [5, 5.41) is 20.3. The largest absolute Gasteiger partial charge is 0.492 e. The monoisotopic (exact) mass is 547 g/mol. The summed E-state index contributed by atoms with van der Waals surface area (Å²) in [6.07, 6.45) is 0.778. The number of fused-ring (bicyclic) bond motifs is 2. The number of hydrogen-bond donors (Lipinski definition) is 2. The Bertz CT molecular complexity index is 1270. The lowest BCUT2D eigenvalue weighted by atomic mass is 9.74. The molecule has 2 aliphatic heterocycles. The molecule has 5 rings (SSSR count). The highest BCUT2D eigenvalue weighted by Gasteiger charge is 2.43. The highest BCUT2D eigenvalue weighted by molar-refractivity contribution is 5.73. The van der Waals surface area contributed by atoms with Crippen molar-refractivity contribution in [2.45, 2.75) is 37.5 Å². The van der Waals surface area contributed by atoms with E-state index in [1.165, 1.54) is 5.56 Å². The van der Waals surface area contributed by atoms with Crippen molar-refractivity contribution in [3.8, 4) is 17.2 Å². The second kappa shape index (κ2) is 11.8. The number of aliphatic carboxylic acids is 2. The van der Waals surface area contributed by atoms with Gasteiger partial charge in [-0.05, 0) is 55.8 Å². The van der Waals surface area contributed by atoms with E-state index in [0.717, 1.165) is 48.7 Å². The number of nitrogens with zero attached hydrogens (tertiary/aromatic N) is 3. The first-order valence-corrected chi connectivity index (χ1v) is 12.3. The Hall–Kier alpha value is -4.06. The second-order valence-corrected chi connectivity index (χ2v) is 9.42. The van der Waals surface area contributed by atoms with Gasteiger partial charge >= 0.3 is 18.1 Å². The number of piperidine rings is 1. The van der Waals surface area contributed by atoms with E-state index >= 15 is 0 Å². The average molecular weight is 548 g/mol. The molecule has 208 valence electrons. The van der Waals surface area contributed by atoms with Gasteiger partial charge < -0.3 is 24.6 Å². The van der Waals surface area contributed by atoms with Crippen LogP contribution >= 0.6 is 0 Å². The lowest BCUT2D eigenvalue weighted by molar-refractivity contribution is -0.192. The molecule has 12 heteroatoms. The molecule has 39 heavy (non-hydrogen) atoms. The van der Waals surface area contributed by atoms with Crippen molar-refractivity contribution >= 4 is 11.9 Å². The summed E-state index contributed by atoms with van der Waals surface area (Å²) in [6.45, 7) is 3.61. The van der Waals surface area contributed by atoms with Crippen molar-refractivity contribution in [1.29, 1.82) is 0 Å². The SMILES string of the molecule is O=C(O)C(F)(F)F.O=C(O)CCN1CCC2(CC1)COc1cc(OCc3ccc(-n4cccn4)cc3)ccc12. The zero-order chi connectivity index (χ0) is 28.0. The lowest BCUT2D eigenvalue weighted by Crippen LogP contribution is -2.44. The Morgan fingerprint density at radius 3 is 2.36 bits per heavy atom. The van der Waals surface area contributed by atoms with Crippen LogP contribution in [-0.4, -0.2) is 69.2 Å². The molecule has 1 saturated heterocycles. The molecule has 0 radical (unpaired) electrons. The first kappa shape index (κ1) is 28.0. The molecule has 0 atom stereocenters. The van der Waals surface area contributed by atoms with Crippen LogP contribution < -0.4 is 9.47 Å². The van der Waals surface area contributed by atoms with Crippen LogP contribution in [0.15, 0.2) is 60.9 Å². The lowest BCUT2D eigenvalue weighted by Gasteiger charge is -2.38. The predicted molar refractivity (Wildman–Crippen MR) is 133 cm³/mol. The maximum Gasteiger partial charge on any atom is 0.490 e. The van der Waals surface area contributed by atoms with Crippen molar-refractivity contribution in [2.24, 2.45) is 0 Å². The molecule has 9 nitrogen and oxygen atoms in total. The second-order valence-electron chi connectivity index (χ2n) is 9.42. The Morgan fingerprint density at radius 1 is 1.08 bits per heavy atom. The number of carboxylic acids is 2. The van der Waals surface area contributed by atoms with E-state index in [2.05, 4.69) is 16.1 Å². The van der Waals surface area contributed by atoms with E-state index in [9.17, 15) is 18.0 Å². The number of benzene rings is 2. The zero-order valence-corrected chi connectivity index (χ0v) is 20.9. The summed E-state index contributed by atoms with van der Waals surface area (Å²) in [4.78, 5) is 22.0. The van der Waals surface area contributed by atoms with Crippen molar-refractivity contribution in [1.82, 2.24) is 14.7 Å². The first-order valence-electron chi connectivity index (χ1n) is 12.3. The quantitative estimate of drug-likeness (QED) is 0.451. The van der Waals surface area contributed by atoms with Crippen LogP contribution in [0.25, 0.3) is 5.69 Å². The van der Waals surface area contributed by atoms with Gasteiger partial charge in [-0.25, -0.2) is 9.48 Å². The number of rotatable bonds is 7. The summed E-state index contributed by atoms with van der Waals surface area (Å²) >= 11 is 0. The molecule has 0 aliphatic carbocycles. The molecule has 0 bridgehead atoms. The molecule has 3 aromatic rings. The van der Waals surface area contributed by atoms with Crippen LogP contribution in [0.3, 0.4) is 0 Å². The van der Waals surface area contributed by atoms with Crippen molar-refractivity contribution in [3.05, 3.63) is 72.1 Å². The number of ether oxygens (including phenoxy) is 2. The number of alkyl halides is 3. The summed E-state index contributed by atoms with van der Waals surface area (Å²) in [5.41, 5.74) is 3.40. The van der Waals surface area contributed by atoms with E-state index in [-0.39, 0.29) is 11.8 Å². The summed E-state index contributed by atoms with van der Waals surface area (Å²) in [7, 11) is 0. The van der Waals surface area contributed by atoms with E-state index in [0.29, 0.717) is 19.8 Å². The number of carboxylic acid groups (broad SMARTS) is 2. The molecular weight excluding hydrogens is 519 g/mol. The fourth-order valence-corrected chi connectivity index (χ4v) is 4.65. The normalized spacial score (nSPS) is 16.1. The smallest absolute Gasteiger partial charge is 0.490 e. The fraction of sp³-hybridized carbons (Fsp3) is 0.370. The van der Waals surface area contributed by atoms with E-state index in [1.54, 1.807) is 6.20 Å². The summed E-state index contributed by atoms with van der Waals surface area (Å²) in [6, 6.07) is 16.2. The van der Waals surface area contributed by atoms with Gasteiger partial charge in [0, 0.05) is 36.0 Å². The number of hydrogen-bond acceptors (Lipinski definition) is 6. The highest BCUT2D eigenvalue weighted by Crippen LogP contribution is 2.46. The molecule has 0 saturated carbocycles. The average Bonchev–Trinajstić information content (AvgIpc) is 3.56. The maximum absolute atomic E-state index is 10.8. The van der Waals surface area contributed by atoms with Gasteiger partial charge in [0.2, 0.25) is 0 Å². The Labute approximate surface area is 222 Å². The minimum atomic E-state index is -5.08. The maximum atomic E-state index is 10.8. The van der Waals surface area contributed by atoms with Crippen LogP contribution in [0.1, 0.15) is 30.4 Å². The number of likely N-dealkylation sites (tertiary alicyclic amines) is 1. The predicted octanol–water partition coefficient (Wildman–Crippen LogP) is 4.29. The first-order chi connectivity index (χ1) is 18.6. The third-order valence-corrected chi connectivity index (χ3v) is 6.84. The number of aromatic nitrogens is 2. The van der Waals surface area contributed by atoms with E-state index in [1.807, 2.05) is 53.3 Å². The molecule has 0 unspecified atom stereocenters. The van der Waals surface area contributed by atoms with Crippen LogP contribution in [0.5, 0.6) is 11.5 Å². The van der Waals surface area contributed by atoms with Crippen LogP contribution in [-0.2, 0) is 21.6 Å². The van der Waals surface area contributed by atoms with Gasteiger partial charge in [0.05, 0.1) is 18.7 Å². The third kappa shape index (κ3) is 7.08. The van der Waals surface area contributed by atoms with Crippen LogP contribution in [0, 0.1) is 0 Å². The molecule has 1 aromatic heterocycles. The molecular formula is C27H28F3N3O6. The molecule has 3 heterocycles. The Morgan fingerprint density at radius 2 is 1.77 bits per heavy atom. The third-order valence-electron chi connectivity index (χ3n) is 6.84. The van der Waals surface area contributed by atoms with Crippen LogP contribution in [0.4, 0.5) is 13.2 Å². The molecule has 1 fully saturated rings. The zero-order valence-electron chi connectivity index (χ0n) is 20.9. The van der Waals surface area contributed by atoms with E-state index < -0.39 is 18.1 Å². The molecule has 2 N–H and O–H groups in total. The van der Waals surface area contributed by atoms with Crippen molar-refractivity contribution in [3.63, 3.8) is 0 Å². The standard InChI is InChI=1S/C25H27N3O4.C2HF3O2/c29-24(30)8-13-27-14-9-25(10-15-27)18-32-23-16-21(6-7-22(23)25)31-17-19-2-4-20(5-3-19)28-12-1-11-26-28;3-2(4,5)1(6)7/h1-7,11-12,16H,8-10,13-15,17-18H2,(H,29,30);(H,6,7). The summed E-state index contributed by atoms with van der Waals surface area (Å²) in [5.74, 6) is -1.78. The molecule has 2 aliphatic rings. The van der Waals surface area contributed by atoms with Gasteiger partial charge in [0.25, 0.3) is 0 Å². The van der Waals surface area contributed by atoms with Gasteiger partial charge in [0.1, 0.15) is 18.1 Å². The molecule has 1 spiro atoms. The number of carbonyl (C=O) groups is 2. The molecule has 2 aromatic carbocycles. The van der Waals surface area contributed by atoms with Crippen molar-refractivity contribution < 1.29 is 42.4 Å². The minimum absolute atomic E-state index is 0.0376. The van der Waals surface area contributed by atoms with Gasteiger partial charge in [0.15, 0.2) is 0 Å². The Kier molecular flexibility index (Phi) is 8.44. The van der Waals surface area contributed by atoms with Gasteiger partial charge in [-0.1, -0.05) is 18.2 Å². The van der Waals surface area contributed by atoms with Crippen LogP contribution in [0.2, 0.25) is 0 Å². The highest BCUT2D eigenvalue weighted by atomic mass is 19.4. The van der Waals surface area contributed by atoms with Gasteiger partial charge in [-0.3, -0.25) is 4.79 Å². The molecule has 0 amide bonds. The topological polar surface area (TPSA) is 114 Å².